The van der Waals surface area contributed by atoms with E-state index in [9.17, 15) is 9.59 Å². The molecule has 0 rings (SSSR count). The zero-order valence-corrected chi connectivity index (χ0v) is 6.18. The lowest BCUT2D eigenvalue weighted by atomic mass is 10.3. The van der Waals surface area contributed by atoms with E-state index >= 15 is 0 Å². The molecular weight excluding hydrogens is 148 g/mol. The fraction of sp³-hybridized carbons (Fsp3) is 0.333. The molecule has 0 heterocycles. The lowest BCUT2D eigenvalue weighted by molar-refractivity contribution is -0.136. The molecule has 5 nitrogen and oxygen atoms in total. The van der Waals surface area contributed by atoms with Crippen molar-refractivity contribution in [3.05, 3.63) is 12.2 Å². The van der Waals surface area contributed by atoms with Gasteiger partial charge in [-0.2, -0.15) is 0 Å². The fourth-order valence-corrected chi connectivity index (χ4v) is 0.307. The lowest BCUT2D eigenvalue weighted by Gasteiger charge is -2.02. The molecule has 0 aliphatic carbocycles. The van der Waals surface area contributed by atoms with E-state index in [0.29, 0.717) is 5.57 Å². The molecule has 0 atom stereocenters. The highest BCUT2D eigenvalue weighted by Gasteiger charge is 2.00. The van der Waals surface area contributed by atoms with Crippen molar-refractivity contribution < 1.29 is 14.7 Å². The Hall–Kier alpha value is -1.36. The number of carbonyl (C=O) groups is 2. The molecule has 1 amide bonds. The average Bonchev–Trinajstić information content (AvgIpc) is 1.86. The van der Waals surface area contributed by atoms with Crippen molar-refractivity contribution in [2.24, 2.45) is 0 Å². The number of hydrogen-bond donors (Lipinski definition) is 3. The van der Waals surface area contributed by atoms with Crippen molar-refractivity contribution in [3.8, 4) is 0 Å². The van der Waals surface area contributed by atoms with E-state index in [4.69, 9.17) is 5.11 Å². The third-order valence-electron chi connectivity index (χ3n) is 0.829. The number of rotatable bonds is 4. The van der Waals surface area contributed by atoms with E-state index in [1.54, 1.807) is 0 Å². The van der Waals surface area contributed by atoms with Gasteiger partial charge < -0.3 is 5.11 Å². The Morgan fingerprint density at radius 2 is 2.09 bits per heavy atom. The van der Waals surface area contributed by atoms with Crippen molar-refractivity contribution in [2.45, 2.75) is 6.92 Å². The summed E-state index contributed by atoms with van der Waals surface area (Å²) < 4.78 is 0. The molecule has 0 aromatic heterocycles. The highest BCUT2D eigenvalue weighted by molar-refractivity contribution is 5.91. The summed E-state index contributed by atoms with van der Waals surface area (Å²) in [7, 11) is 0. The molecule has 62 valence electrons. The molecule has 0 aromatic carbocycles. The van der Waals surface area contributed by atoms with E-state index in [-0.39, 0.29) is 6.54 Å². The van der Waals surface area contributed by atoms with Crippen LogP contribution in [-0.2, 0) is 9.59 Å². The number of hydrazine groups is 1. The first-order valence-electron chi connectivity index (χ1n) is 2.94. The van der Waals surface area contributed by atoms with Crippen molar-refractivity contribution >= 4 is 11.9 Å². The van der Waals surface area contributed by atoms with Crippen LogP contribution in [0.3, 0.4) is 0 Å². The minimum Gasteiger partial charge on any atom is -0.480 e. The van der Waals surface area contributed by atoms with Gasteiger partial charge in [0.25, 0.3) is 5.91 Å². The largest absolute Gasteiger partial charge is 0.480 e. The van der Waals surface area contributed by atoms with Crippen LogP contribution in [0.5, 0.6) is 0 Å². The maximum absolute atomic E-state index is 10.7. The minimum atomic E-state index is -1.04. The van der Waals surface area contributed by atoms with Crippen LogP contribution in [-0.4, -0.2) is 23.5 Å². The molecule has 0 unspecified atom stereocenters. The minimum absolute atomic E-state index is 0.307. The quantitative estimate of drug-likeness (QED) is 0.372. The molecule has 0 aromatic rings. The van der Waals surface area contributed by atoms with Crippen LogP contribution in [0.2, 0.25) is 0 Å². The molecule has 0 saturated heterocycles. The van der Waals surface area contributed by atoms with Crippen LogP contribution < -0.4 is 10.9 Å². The summed E-state index contributed by atoms with van der Waals surface area (Å²) in [6, 6.07) is 0. The highest BCUT2D eigenvalue weighted by Crippen LogP contribution is 1.82. The Balaban J connectivity index is 3.47. The summed E-state index contributed by atoms with van der Waals surface area (Å²) in [6.07, 6.45) is 0. The van der Waals surface area contributed by atoms with E-state index in [1.165, 1.54) is 6.92 Å². The standard InChI is InChI=1S/C6H10N2O3/c1-4(2)6(11)8-7-3-5(9)10/h7H,1,3H2,2H3,(H,8,11)(H,9,10). The summed E-state index contributed by atoms with van der Waals surface area (Å²) in [5.74, 6) is -1.45. The van der Waals surface area contributed by atoms with Gasteiger partial charge in [0.1, 0.15) is 6.54 Å². The third kappa shape index (κ3) is 5.10. The normalized spacial score (nSPS) is 8.82. The highest BCUT2D eigenvalue weighted by atomic mass is 16.4. The Morgan fingerprint density at radius 3 is 2.45 bits per heavy atom. The maximum Gasteiger partial charge on any atom is 0.319 e. The van der Waals surface area contributed by atoms with Gasteiger partial charge in [-0.25, -0.2) is 5.43 Å². The lowest BCUT2D eigenvalue weighted by Crippen LogP contribution is -2.40. The van der Waals surface area contributed by atoms with Gasteiger partial charge in [0.05, 0.1) is 0 Å². The van der Waals surface area contributed by atoms with Crippen molar-refractivity contribution in [1.29, 1.82) is 0 Å². The number of amides is 1. The smallest absolute Gasteiger partial charge is 0.319 e. The third-order valence-corrected chi connectivity index (χ3v) is 0.829. The van der Waals surface area contributed by atoms with Crippen LogP contribution in [0.15, 0.2) is 12.2 Å². The number of nitrogens with one attached hydrogen (secondary N) is 2. The topological polar surface area (TPSA) is 78.4 Å². The Morgan fingerprint density at radius 1 is 1.55 bits per heavy atom. The van der Waals surface area contributed by atoms with Gasteiger partial charge in [-0.1, -0.05) is 6.58 Å². The molecule has 0 radical (unpaired) electrons. The van der Waals surface area contributed by atoms with Gasteiger partial charge in [-0.05, 0) is 6.92 Å². The number of carboxylic acid groups (broad SMARTS) is 1. The van der Waals surface area contributed by atoms with Crippen LogP contribution in [0, 0.1) is 0 Å². The number of hydrogen-bond acceptors (Lipinski definition) is 3. The monoisotopic (exact) mass is 158 g/mol. The SMILES string of the molecule is C=C(C)C(=O)NNCC(=O)O. The molecule has 0 fully saturated rings. The average molecular weight is 158 g/mol. The molecule has 0 spiro atoms. The van der Waals surface area contributed by atoms with Gasteiger partial charge >= 0.3 is 5.97 Å². The molecule has 0 bridgehead atoms. The second-order valence-electron chi connectivity index (χ2n) is 1.98. The summed E-state index contributed by atoms with van der Waals surface area (Å²) in [5, 5.41) is 8.13. The second kappa shape index (κ2) is 4.45. The fourth-order valence-electron chi connectivity index (χ4n) is 0.307. The Labute approximate surface area is 64.1 Å². The van der Waals surface area contributed by atoms with Crippen LogP contribution in [0.25, 0.3) is 0 Å². The Bertz CT molecular complexity index is 188. The van der Waals surface area contributed by atoms with Gasteiger partial charge in [0, 0.05) is 5.57 Å². The number of carbonyl (C=O) groups excluding carboxylic acids is 1. The van der Waals surface area contributed by atoms with Gasteiger partial charge in [-0.15, -0.1) is 0 Å². The van der Waals surface area contributed by atoms with Crippen LogP contribution in [0.4, 0.5) is 0 Å². The Kier molecular flexibility index (Phi) is 3.90. The first kappa shape index (κ1) is 9.64. The van der Waals surface area contributed by atoms with Crippen molar-refractivity contribution in [3.63, 3.8) is 0 Å². The number of carboxylic acids is 1. The summed E-state index contributed by atoms with van der Waals surface area (Å²) in [4.78, 5) is 20.6. The summed E-state index contributed by atoms with van der Waals surface area (Å²) in [6.45, 7) is 4.57. The van der Waals surface area contributed by atoms with Gasteiger partial charge in [0.2, 0.25) is 0 Å². The van der Waals surface area contributed by atoms with Crippen LogP contribution in [0.1, 0.15) is 6.92 Å². The van der Waals surface area contributed by atoms with Crippen molar-refractivity contribution in [2.75, 3.05) is 6.54 Å². The van der Waals surface area contributed by atoms with E-state index < -0.39 is 11.9 Å². The van der Waals surface area contributed by atoms with Gasteiger partial charge in [0.15, 0.2) is 0 Å². The maximum atomic E-state index is 10.7. The molecular formula is C6H10N2O3. The molecule has 0 saturated carbocycles. The van der Waals surface area contributed by atoms with E-state index in [0.717, 1.165) is 0 Å². The molecule has 3 N–H and O–H groups in total. The van der Waals surface area contributed by atoms with Gasteiger partial charge in [-0.3, -0.25) is 15.0 Å². The van der Waals surface area contributed by atoms with Crippen molar-refractivity contribution in [1.82, 2.24) is 10.9 Å². The molecule has 0 aliphatic heterocycles. The summed E-state index contributed by atoms with van der Waals surface area (Å²) >= 11 is 0. The zero-order valence-electron chi connectivity index (χ0n) is 6.18. The first-order valence-corrected chi connectivity index (χ1v) is 2.94. The molecule has 5 heteroatoms. The predicted molar refractivity (Wildman–Crippen MR) is 38.6 cm³/mol. The molecule has 11 heavy (non-hydrogen) atoms. The predicted octanol–water partition coefficient (Wildman–Crippen LogP) is -0.732. The zero-order chi connectivity index (χ0) is 8.85. The van der Waals surface area contributed by atoms with E-state index in [2.05, 4.69) is 17.4 Å². The van der Waals surface area contributed by atoms with E-state index in [1.807, 2.05) is 0 Å². The van der Waals surface area contributed by atoms with Crippen LogP contribution >= 0.6 is 0 Å². The first-order chi connectivity index (χ1) is 5.04. The number of aliphatic carboxylic acids is 1. The summed E-state index contributed by atoms with van der Waals surface area (Å²) in [5.41, 5.74) is 4.67. The molecule has 0 aliphatic rings. The second-order valence-corrected chi connectivity index (χ2v) is 1.98.